The highest BCUT2D eigenvalue weighted by Crippen LogP contribution is 2.48. The average molecular weight is 310 g/mol. The van der Waals surface area contributed by atoms with Crippen molar-refractivity contribution in [3.8, 4) is 0 Å². The Hall–Kier alpha value is -0.910. The molecule has 1 aromatic carbocycles. The van der Waals surface area contributed by atoms with Gasteiger partial charge in [-0.2, -0.15) is 0 Å². The van der Waals surface area contributed by atoms with Gasteiger partial charge in [0.05, 0.1) is 4.90 Å². The lowest BCUT2D eigenvalue weighted by Crippen LogP contribution is -2.30. The summed E-state index contributed by atoms with van der Waals surface area (Å²) in [5.74, 6) is 0. The summed E-state index contributed by atoms with van der Waals surface area (Å²) in [5, 5.41) is 3.29. The van der Waals surface area contributed by atoms with Gasteiger partial charge in [-0.3, -0.25) is 0 Å². The molecular weight excluding hydrogens is 284 g/mol. The molecule has 0 amide bonds. The van der Waals surface area contributed by atoms with Crippen LogP contribution < -0.4 is 10.0 Å². The first kappa shape index (κ1) is 16.5. The third-order valence-corrected chi connectivity index (χ3v) is 5.71. The Labute approximate surface area is 128 Å². The molecule has 0 heterocycles. The maximum Gasteiger partial charge on any atom is 0.240 e. The molecule has 0 atom stereocenters. The van der Waals surface area contributed by atoms with Crippen LogP contribution in [0.4, 0.5) is 0 Å². The predicted octanol–water partition coefficient (Wildman–Crippen LogP) is 2.65. The van der Waals surface area contributed by atoms with Crippen molar-refractivity contribution >= 4 is 10.0 Å². The average Bonchev–Trinajstić information content (AvgIpc) is 3.27. The molecule has 1 aliphatic carbocycles. The lowest BCUT2D eigenvalue weighted by molar-refractivity contribution is 0.475. The minimum absolute atomic E-state index is 0.216. The number of benzene rings is 1. The van der Waals surface area contributed by atoms with Crippen molar-refractivity contribution in [3.05, 3.63) is 29.8 Å². The summed E-state index contributed by atoms with van der Waals surface area (Å²) in [5.41, 5.74) is 1.22. The Morgan fingerprint density at radius 1 is 1.24 bits per heavy atom. The Bertz CT molecular complexity index is 565. The van der Waals surface area contributed by atoms with E-state index in [0.29, 0.717) is 18.0 Å². The predicted molar refractivity (Wildman–Crippen MR) is 85.6 cm³/mol. The standard InChI is InChI=1S/C16H26N2O2S/c1-3-10-17-12-14-6-5-7-15(11-14)21(19,20)18-13-16(4-2)8-9-16/h5-7,11,17-18H,3-4,8-10,12-13H2,1-2H3. The third-order valence-electron chi connectivity index (χ3n) is 4.31. The Kier molecular flexibility index (Phi) is 5.41. The fraction of sp³-hybridized carbons (Fsp3) is 0.625. The summed E-state index contributed by atoms with van der Waals surface area (Å²) in [6, 6.07) is 7.19. The second-order valence-corrected chi connectivity index (χ2v) is 7.77. The molecule has 1 fully saturated rings. The van der Waals surface area contributed by atoms with Gasteiger partial charge in [-0.1, -0.05) is 26.0 Å². The van der Waals surface area contributed by atoms with Gasteiger partial charge in [0, 0.05) is 13.1 Å². The number of hydrogen-bond acceptors (Lipinski definition) is 3. The zero-order chi connectivity index (χ0) is 15.3. The van der Waals surface area contributed by atoms with Crippen LogP contribution in [0.3, 0.4) is 0 Å². The van der Waals surface area contributed by atoms with E-state index in [-0.39, 0.29) is 5.41 Å². The van der Waals surface area contributed by atoms with Crippen LogP contribution in [0.15, 0.2) is 29.2 Å². The molecule has 1 saturated carbocycles. The van der Waals surface area contributed by atoms with E-state index in [4.69, 9.17) is 0 Å². The van der Waals surface area contributed by atoms with Crippen LogP contribution in [0.5, 0.6) is 0 Å². The molecule has 118 valence electrons. The lowest BCUT2D eigenvalue weighted by atomic mass is 10.1. The summed E-state index contributed by atoms with van der Waals surface area (Å²) in [6.45, 7) is 6.44. The molecule has 0 aliphatic heterocycles. The summed E-state index contributed by atoms with van der Waals surface area (Å²) in [6.07, 6.45) is 4.37. The molecule has 1 aliphatic rings. The van der Waals surface area contributed by atoms with Crippen LogP contribution in [0, 0.1) is 5.41 Å². The van der Waals surface area contributed by atoms with Crippen LogP contribution in [-0.4, -0.2) is 21.5 Å². The van der Waals surface area contributed by atoms with E-state index in [1.54, 1.807) is 12.1 Å². The van der Waals surface area contributed by atoms with E-state index in [1.165, 1.54) is 0 Å². The maximum atomic E-state index is 12.4. The quantitative estimate of drug-likeness (QED) is 0.689. The molecule has 2 rings (SSSR count). The number of rotatable bonds is 9. The van der Waals surface area contributed by atoms with Crippen molar-refractivity contribution in [2.75, 3.05) is 13.1 Å². The first-order valence-electron chi connectivity index (χ1n) is 7.81. The summed E-state index contributed by atoms with van der Waals surface area (Å²) < 4.78 is 27.5. The highest BCUT2D eigenvalue weighted by molar-refractivity contribution is 7.89. The number of nitrogens with one attached hydrogen (secondary N) is 2. The molecule has 1 aromatic rings. The second-order valence-electron chi connectivity index (χ2n) is 6.00. The molecule has 21 heavy (non-hydrogen) atoms. The fourth-order valence-corrected chi connectivity index (χ4v) is 3.62. The van der Waals surface area contributed by atoms with Gasteiger partial charge in [0.25, 0.3) is 0 Å². The van der Waals surface area contributed by atoms with Gasteiger partial charge in [-0.15, -0.1) is 0 Å². The van der Waals surface area contributed by atoms with E-state index in [2.05, 4.69) is 23.9 Å². The summed E-state index contributed by atoms with van der Waals surface area (Å²) >= 11 is 0. The highest BCUT2D eigenvalue weighted by atomic mass is 32.2. The van der Waals surface area contributed by atoms with E-state index in [9.17, 15) is 8.42 Å². The monoisotopic (exact) mass is 310 g/mol. The van der Waals surface area contributed by atoms with Crippen molar-refractivity contribution in [3.63, 3.8) is 0 Å². The largest absolute Gasteiger partial charge is 0.313 e. The van der Waals surface area contributed by atoms with Crippen molar-refractivity contribution in [2.24, 2.45) is 5.41 Å². The van der Waals surface area contributed by atoms with Crippen molar-refractivity contribution in [1.82, 2.24) is 10.0 Å². The minimum atomic E-state index is -3.39. The minimum Gasteiger partial charge on any atom is -0.313 e. The van der Waals surface area contributed by atoms with Crippen molar-refractivity contribution < 1.29 is 8.42 Å². The molecule has 0 bridgehead atoms. The number of sulfonamides is 1. The van der Waals surface area contributed by atoms with Crippen molar-refractivity contribution in [1.29, 1.82) is 0 Å². The Morgan fingerprint density at radius 2 is 2.00 bits per heavy atom. The molecule has 0 unspecified atom stereocenters. The van der Waals surface area contributed by atoms with Gasteiger partial charge in [0.15, 0.2) is 0 Å². The summed E-state index contributed by atoms with van der Waals surface area (Å²) in [4.78, 5) is 0.366. The zero-order valence-electron chi connectivity index (χ0n) is 13.0. The molecule has 0 aromatic heterocycles. The molecular formula is C16H26N2O2S. The first-order chi connectivity index (χ1) is 10.0. The smallest absolute Gasteiger partial charge is 0.240 e. The summed E-state index contributed by atoms with van der Waals surface area (Å²) in [7, 11) is -3.39. The van der Waals surface area contributed by atoms with Crippen LogP contribution in [0.1, 0.15) is 45.1 Å². The van der Waals surface area contributed by atoms with Gasteiger partial charge < -0.3 is 5.32 Å². The van der Waals surface area contributed by atoms with Gasteiger partial charge in [0.2, 0.25) is 10.0 Å². The SMILES string of the molecule is CCCNCc1cccc(S(=O)(=O)NCC2(CC)CC2)c1. The molecule has 4 nitrogen and oxygen atoms in total. The van der Waals surface area contributed by atoms with Crippen LogP contribution in [0.2, 0.25) is 0 Å². The maximum absolute atomic E-state index is 12.4. The van der Waals surface area contributed by atoms with Gasteiger partial charge >= 0.3 is 0 Å². The van der Waals surface area contributed by atoms with Crippen LogP contribution in [-0.2, 0) is 16.6 Å². The van der Waals surface area contributed by atoms with Crippen LogP contribution >= 0.6 is 0 Å². The van der Waals surface area contributed by atoms with E-state index >= 15 is 0 Å². The Morgan fingerprint density at radius 3 is 2.62 bits per heavy atom. The topological polar surface area (TPSA) is 58.2 Å². The van der Waals surface area contributed by atoms with E-state index < -0.39 is 10.0 Å². The van der Waals surface area contributed by atoms with Crippen LogP contribution in [0.25, 0.3) is 0 Å². The van der Waals surface area contributed by atoms with Gasteiger partial charge in [-0.05, 0) is 55.3 Å². The van der Waals surface area contributed by atoms with E-state index in [0.717, 1.165) is 37.8 Å². The molecule has 0 radical (unpaired) electrons. The van der Waals surface area contributed by atoms with Crippen molar-refractivity contribution in [2.45, 2.75) is 51.0 Å². The Balaban J connectivity index is 2.00. The van der Waals surface area contributed by atoms with E-state index in [1.807, 2.05) is 12.1 Å². The normalized spacial score (nSPS) is 16.9. The molecule has 5 heteroatoms. The third kappa shape index (κ3) is 4.53. The molecule has 0 saturated heterocycles. The first-order valence-corrected chi connectivity index (χ1v) is 9.29. The van der Waals surface area contributed by atoms with Gasteiger partial charge in [0.1, 0.15) is 0 Å². The lowest BCUT2D eigenvalue weighted by Gasteiger charge is -2.14. The van der Waals surface area contributed by atoms with Gasteiger partial charge in [-0.25, -0.2) is 13.1 Å². The highest BCUT2D eigenvalue weighted by Gasteiger charge is 2.41. The second kappa shape index (κ2) is 6.90. The zero-order valence-corrected chi connectivity index (χ0v) is 13.8. The number of hydrogen-bond donors (Lipinski definition) is 2. The fourth-order valence-electron chi connectivity index (χ4n) is 2.40. The molecule has 2 N–H and O–H groups in total. The molecule has 0 spiro atoms.